The number of thioether (sulfide) groups is 1. The second kappa shape index (κ2) is 8.58. The van der Waals surface area contributed by atoms with Crippen LogP contribution >= 0.6 is 11.8 Å². The lowest BCUT2D eigenvalue weighted by Gasteiger charge is -2.40. The maximum atomic E-state index is 13.3. The van der Waals surface area contributed by atoms with E-state index in [1.165, 1.54) is 15.8 Å². The van der Waals surface area contributed by atoms with Gasteiger partial charge in [-0.15, -0.1) is 5.10 Å². The van der Waals surface area contributed by atoms with Crippen molar-refractivity contribution in [2.24, 2.45) is 0 Å². The average Bonchev–Trinajstić information content (AvgIpc) is 3.28. The van der Waals surface area contributed by atoms with Gasteiger partial charge in [0.2, 0.25) is 0 Å². The first-order valence-corrected chi connectivity index (χ1v) is 11.6. The van der Waals surface area contributed by atoms with E-state index in [1.54, 1.807) is 11.8 Å². The largest absolute Gasteiger partial charge is 0.301 e. The topological polar surface area (TPSA) is 54.3 Å². The van der Waals surface area contributed by atoms with Crippen LogP contribution in [-0.2, 0) is 6.42 Å². The zero-order valence-electron chi connectivity index (χ0n) is 17.8. The molecule has 7 heteroatoms. The first kappa shape index (κ1) is 20.6. The van der Waals surface area contributed by atoms with Crippen LogP contribution in [-0.4, -0.2) is 68.4 Å². The summed E-state index contributed by atoms with van der Waals surface area (Å²) in [6.07, 6.45) is 0.748. The highest BCUT2D eigenvalue weighted by molar-refractivity contribution is 8.00. The third kappa shape index (κ3) is 4.00. The minimum absolute atomic E-state index is 0.0429. The number of hydrogen-bond acceptors (Lipinski definition) is 6. The molecule has 2 aliphatic rings. The summed E-state index contributed by atoms with van der Waals surface area (Å²) in [6.45, 7) is 13.8. The normalized spacial score (nSPS) is 21.7. The second-order valence-electron chi connectivity index (χ2n) is 8.19. The van der Waals surface area contributed by atoms with Crippen LogP contribution in [0.25, 0.3) is 0 Å². The van der Waals surface area contributed by atoms with E-state index in [2.05, 4.69) is 64.9 Å². The van der Waals surface area contributed by atoms with Crippen molar-refractivity contribution in [1.29, 1.82) is 0 Å². The van der Waals surface area contributed by atoms with E-state index < -0.39 is 0 Å². The van der Waals surface area contributed by atoms with Crippen LogP contribution in [0, 0.1) is 0 Å². The van der Waals surface area contributed by atoms with Gasteiger partial charge in [0.25, 0.3) is 5.91 Å². The van der Waals surface area contributed by atoms with Crippen LogP contribution in [0.4, 0.5) is 0 Å². The maximum absolute atomic E-state index is 13.3. The molecule has 0 saturated carbocycles. The van der Waals surface area contributed by atoms with E-state index in [0.717, 1.165) is 50.1 Å². The smallest absolute Gasteiger partial charge is 0.264 e. The molecular weight excluding hydrogens is 382 g/mol. The van der Waals surface area contributed by atoms with Gasteiger partial charge in [-0.1, -0.05) is 63.7 Å². The summed E-state index contributed by atoms with van der Waals surface area (Å²) in [5.74, 6) is 1.31. The summed E-state index contributed by atoms with van der Waals surface area (Å²) in [5, 5.41) is 4.98. The Labute approximate surface area is 177 Å². The van der Waals surface area contributed by atoms with E-state index >= 15 is 0 Å². The van der Waals surface area contributed by atoms with Gasteiger partial charge in [-0.2, -0.15) is 4.68 Å². The first-order valence-electron chi connectivity index (χ1n) is 10.7. The fraction of sp³-hybridized carbons (Fsp3) is 0.591. The molecule has 0 N–H and O–H groups in total. The molecular formula is C22H31N5OS. The van der Waals surface area contributed by atoms with E-state index in [-0.39, 0.29) is 17.2 Å². The molecule has 2 unspecified atom stereocenters. The Hall–Kier alpha value is -1.70. The number of likely N-dealkylation sites (N-methyl/N-ethyl adjacent to an activating group) is 1. The number of aromatic nitrogens is 3. The van der Waals surface area contributed by atoms with E-state index in [4.69, 9.17) is 0 Å². The first-order chi connectivity index (χ1) is 14.0. The molecule has 2 atom stereocenters. The molecule has 0 radical (unpaired) electrons. The van der Waals surface area contributed by atoms with E-state index in [1.807, 2.05) is 6.92 Å². The van der Waals surface area contributed by atoms with Gasteiger partial charge in [-0.25, -0.2) is 4.98 Å². The molecule has 0 bridgehead atoms. The fourth-order valence-electron chi connectivity index (χ4n) is 4.20. The Balaban J connectivity index is 1.63. The van der Waals surface area contributed by atoms with E-state index in [9.17, 15) is 4.79 Å². The number of benzene rings is 1. The molecule has 1 saturated heterocycles. The summed E-state index contributed by atoms with van der Waals surface area (Å²) in [4.78, 5) is 22.8. The minimum Gasteiger partial charge on any atom is -0.301 e. The Kier molecular flexibility index (Phi) is 6.08. The summed E-state index contributed by atoms with van der Waals surface area (Å²) < 4.78 is 1.53. The number of carbonyl (C=O) groups is 1. The van der Waals surface area contributed by atoms with Gasteiger partial charge in [-0.05, 0) is 23.6 Å². The van der Waals surface area contributed by atoms with Crippen molar-refractivity contribution in [3.63, 3.8) is 0 Å². The molecule has 2 aliphatic heterocycles. The fourth-order valence-corrected chi connectivity index (χ4v) is 5.48. The lowest BCUT2D eigenvalue weighted by molar-refractivity contribution is 0.0739. The molecule has 3 heterocycles. The summed E-state index contributed by atoms with van der Waals surface area (Å²) in [7, 11) is 0. The van der Waals surface area contributed by atoms with Gasteiger partial charge in [0.15, 0.2) is 11.0 Å². The highest BCUT2D eigenvalue weighted by Crippen LogP contribution is 2.41. The van der Waals surface area contributed by atoms with Crippen molar-refractivity contribution >= 4 is 17.7 Å². The molecule has 1 aromatic carbocycles. The van der Waals surface area contributed by atoms with Crippen molar-refractivity contribution < 1.29 is 4.79 Å². The number of hydrogen-bond donors (Lipinski definition) is 0. The molecule has 1 fully saturated rings. The SMILES string of the molecule is CCc1nc2n(n1)C(=O)C(C(c1ccc(C(C)C)cc1)N1CCN(CC)CC1)S2. The lowest BCUT2D eigenvalue weighted by Crippen LogP contribution is -2.50. The summed E-state index contributed by atoms with van der Waals surface area (Å²) in [5.41, 5.74) is 2.54. The monoisotopic (exact) mass is 413 g/mol. The second-order valence-corrected chi connectivity index (χ2v) is 9.30. The zero-order chi connectivity index (χ0) is 20.5. The van der Waals surface area contributed by atoms with Crippen molar-refractivity contribution in [1.82, 2.24) is 24.6 Å². The van der Waals surface area contributed by atoms with Crippen LogP contribution in [0.1, 0.15) is 61.4 Å². The van der Waals surface area contributed by atoms with Gasteiger partial charge in [-0.3, -0.25) is 9.69 Å². The van der Waals surface area contributed by atoms with Crippen LogP contribution in [0.3, 0.4) is 0 Å². The molecule has 0 spiro atoms. The van der Waals surface area contributed by atoms with Crippen molar-refractivity contribution in [3.05, 3.63) is 41.2 Å². The van der Waals surface area contributed by atoms with Crippen molar-refractivity contribution in [2.75, 3.05) is 32.7 Å². The number of piperazine rings is 1. The van der Waals surface area contributed by atoms with Crippen LogP contribution in [0.2, 0.25) is 0 Å². The van der Waals surface area contributed by atoms with Gasteiger partial charge < -0.3 is 4.90 Å². The Morgan fingerprint density at radius 1 is 1.07 bits per heavy atom. The van der Waals surface area contributed by atoms with E-state index in [0.29, 0.717) is 5.92 Å². The quantitative estimate of drug-likeness (QED) is 0.723. The number of aryl methyl sites for hydroxylation is 1. The molecule has 0 amide bonds. The van der Waals surface area contributed by atoms with Crippen molar-refractivity contribution in [3.8, 4) is 0 Å². The van der Waals surface area contributed by atoms with Crippen molar-refractivity contribution in [2.45, 2.75) is 56.5 Å². The molecule has 6 nitrogen and oxygen atoms in total. The lowest BCUT2D eigenvalue weighted by atomic mass is 9.96. The molecule has 1 aromatic heterocycles. The minimum atomic E-state index is -0.200. The standard InChI is InChI=1S/C22H31N5OS/c1-5-18-23-22-27(24-18)21(28)20(29-22)19(26-13-11-25(6-2)12-14-26)17-9-7-16(8-10-17)15(3)4/h7-10,15,19-20H,5-6,11-14H2,1-4H3. The highest BCUT2D eigenvalue weighted by Gasteiger charge is 2.43. The zero-order valence-corrected chi connectivity index (χ0v) is 18.7. The van der Waals surface area contributed by atoms with Crippen LogP contribution < -0.4 is 0 Å². The molecule has 4 rings (SSSR count). The summed E-state index contributed by atoms with van der Waals surface area (Å²) in [6, 6.07) is 8.90. The Bertz CT molecular complexity index is 855. The van der Waals surface area contributed by atoms with Gasteiger partial charge in [0, 0.05) is 32.6 Å². The Morgan fingerprint density at radius 2 is 1.72 bits per heavy atom. The molecule has 156 valence electrons. The number of fused-ring (bicyclic) bond motifs is 1. The third-order valence-electron chi connectivity index (χ3n) is 6.10. The third-order valence-corrected chi connectivity index (χ3v) is 7.29. The number of carbonyl (C=O) groups excluding carboxylic acids is 1. The highest BCUT2D eigenvalue weighted by atomic mass is 32.2. The number of rotatable bonds is 6. The molecule has 29 heavy (non-hydrogen) atoms. The van der Waals surface area contributed by atoms with Gasteiger partial charge in [0.05, 0.1) is 6.04 Å². The molecule has 0 aliphatic carbocycles. The van der Waals surface area contributed by atoms with Crippen LogP contribution in [0.5, 0.6) is 0 Å². The van der Waals surface area contributed by atoms with Gasteiger partial charge in [0.1, 0.15) is 5.25 Å². The summed E-state index contributed by atoms with van der Waals surface area (Å²) >= 11 is 1.58. The average molecular weight is 414 g/mol. The number of nitrogens with zero attached hydrogens (tertiary/aromatic N) is 5. The van der Waals surface area contributed by atoms with Gasteiger partial charge >= 0.3 is 0 Å². The maximum Gasteiger partial charge on any atom is 0.264 e. The van der Waals surface area contributed by atoms with Crippen LogP contribution in [0.15, 0.2) is 29.4 Å². The molecule has 2 aromatic rings. The predicted molar refractivity (Wildman–Crippen MR) is 117 cm³/mol. The predicted octanol–water partition coefficient (Wildman–Crippen LogP) is 3.46. The Morgan fingerprint density at radius 3 is 2.28 bits per heavy atom.